The molecule has 0 saturated carbocycles. The van der Waals surface area contributed by atoms with Gasteiger partial charge in [-0.15, -0.1) is 11.3 Å². The van der Waals surface area contributed by atoms with E-state index in [1.165, 1.54) is 22.7 Å². The number of urea groups is 1. The van der Waals surface area contributed by atoms with Crippen LogP contribution in [0.3, 0.4) is 0 Å². The van der Waals surface area contributed by atoms with E-state index >= 15 is 0 Å². The van der Waals surface area contributed by atoms with E-state index in [9.17, 15) is 9.59 Å². The van der Waals surface area contributed by atoms with Gasteiger partial charge in [-0.3, -0.25) is 15.0 Å². The van der Waals surface area contributed by atoms with Crippen LogP contribution in [-0.2, 0) is 4.74 Å². The number of aromatic nitrogens is 2. The van der Waals surface area contributed by atoms with Gasteiger partial charge < -0.3 is 25.8 Å². The molecule has 0 unspecified atom stereocenters. The topological polar surface area (TPSA) is 144 Å². The van der Waals surface area contributed by atoms with Crippen molar-refractivity contribution in [2.75, 3.05) is 62.9 Å². The van der Waals surface area contributed by atoms with Gasteiger partial charge in [0.1, 0.15) is 21.5 Å². The van der Waals surface area contributed by atoms with Crippen LogP contribution in [0.5, 0.6) is 5.75 Å². The predicted molar refractivity (Wildman–Crippen MR) is 163 cm³/mol. The van der Waals surface area contributed by atoms with Gasteiger partial charge in [-0.05, 0) is 43.3 Å². The Balaban J connectivity index is 1.18. The number of nitrogens with zero attached hydrogens (tertiary/aromatic N) is 3. The van der Waals surface area contributed by atoms with Gasteiger partial charge in [0.2, 0.25) is 0 Å². The minimum absolute atomic E-state index is 0.237. The first-order valence-electron chi connectivity index (χ1n) is 13.1. The van der Waals surface area contributed by atoms with Gasteiger partial charge in [-0.1, -0.05) is 29.5 Å². The lowest BCUT2D eigenvalue weighted by atomic mass is 10.1. The number of nitrogens with two attached hydrogens (primary N) is 1. The lowest BCUT2D eigenvalue weighted by Gasteiger charge is -2.26. The number of carbonyl (C=O) groups is 2. The number of carbonyl (C=O) groups excluding carboxylic acids is 2. The minimum atomic E-state index is -0.320. The second kappa shape index (κ2) is 13.5. The highest BCUT2D eigenvalue weighted by atomic mass is 32.1. The lowest BCUT2D eigenvalue weighted by Crippen LogP contribution is -2.38. The molecule has 2 aromatic carbocycles. The number of anilines is 3. The number of benzene rings is 2. The molecule has 41 heavy (non-hydrogen) atoms. The Hall–Kier alpha value is -4.04. The maximum Gasteiger partial charge on any atom is 0.321 e. The summed E-state index contributed by atoms with van der Waals surface area (Å²) in [6.45, 7) is 4.86. The normalized spacial score (nSPS) is 13.5. The van der Waals surface area contributed by atoms with Gasteiger partial charge in [0, 0.05) is 41.8 Å². The van der Waals surface area contributed by atoms with E-state index in [1.54, 1.807) is 31.4 Å². The standard InChI is InChI=1S/C28H31N7O4S2/c1-38-21-8-3-6-19(16-21)25(36)31-20-7-2-5-18(15-20)22-17-40-26(32-22)23-24(29)33-28(41-23)34-27(37)30-9-4-10-35-11-13-39-14-12-35/h2-3,5-8,15-17H,4,9-14,29H2,1H3,(H,31,36)(H2,30,33,34,37). The average Bonchev–Trinajstić information content (AvgIpc) is 3.62. The molecule has 0 aliphatic carbocycles. The molecular formula is C28H31N7O4S2. The van der Waals surface area contributed by atoms with E-state index in [0.717, 1.165) is 50.5 Å². The molecule has 13 heteroatoms. The highest BCUT2D eigenvalue weighted by molar-refractivity contribution is 7.23. The number of hydrogen-bond acceptors (Lipinski definition) is 10. The van der Waals surface area contributed by atoms with Crippen LogP contribution in [0.2, 0.25) is 0 Å². The molecule has 4 aromatic rings. The Bertz CT molecular complexity index is 1500. The fraction of sp³-hybridized carbons (Fsp3) is 0.286. The number of hydrogen-bond donors (Lipinski definition) is 4. The third-order valence-corrected chi connectivity index (χ3v) is 8.34. The lowest BCUT2D eigenvalue weighted by molar-refractivity contribution is 0.0375. The summed E-state index contributed by atoms with van der Waals surface area (Å²) < 4.78 is 10.6. The van der Waals surface area contributed by atoms with E-state index in [4.69, 9.17) is 20.2 Å². The number of methoxy groups -OCH3 is 1. The quantitative estimate of drug-likeness (QED) is 0.195. The molecule has 5 rings (SSSR count). The molecule has 0 radical (unpaired) electrons. The maximum atomic E-state index is 12.7. The van der Waals surface area contributed by atoms with Crippen molar-refractivity contribution in [3.63, 3.8) is 0 Å². The van der Waals surface area contributed by atoms with Crippen LogP contribution in [0.1, 0.15) is 16.8 Å². The van der Waals surface area contributed by atoms with E-state index in [1.807, 2.05) is 29.6 Å². The molecule has 1 fully saturated rings. The smallest absolute Gasteiger partial charge is 0.321 e. The van der Waals surface area contributed by atoms with Gasteiger partial charge in [0.15, 0.2) is 5.13 Å². The molecule has 2 aromatic heterocycles. The summed E-state index contributed by atoms with van der Waals surface area (Å²) in [4.78, 5) is 37.2. The molecular weight excluding hydrogens is 562 g/mol. The van der Waals surface area contributed by atoms with Crippen molar-refractivity contribution < 1.29 is 19.1 Å². The average molecular weight is 594 g/mol. The first-order chi connectivity index (χ1) is 20.0. The Labute approximate surface area is 245 Å². The summed E-state index contributed by atoms with van der Waals surface area (Å²) in [5.41, 5.74) is 8.90. The molecule has 1 saturated heterocycles. The van der Waals surface area contributed by atoms with Crippen LogP contribution >= 0.6 is 22.7 Å². The number of ether oxygens (including phenoxy) is 2. The molecule has 5 N–H and O–H groups in total. The highest BCUT2D eigenvalue weighted by Crippen LogP contribution is 2.38. The van der Waals surface area contributed by atoms with Crippen molar-refractivity contribution in [3.05, 3.63) is 59.5 Å². The Kier molecular flexibility index (Phi) is 9.41. The zero-order chi connectivity index (χ0) is 28.6. The van der Waals surface area contributed by atoms with E-state index < -0.39 is 0 Å². The van der Waals surface area contributed by atoms with E-state index in [2.05, 4.69) is 25.8 Å². The van der Waals surface area contributed by atoms with Crippen molar-refractivity contribution in [2.24, 2.45) is 0 Å². The zero-order valence-electron chi connectivity index (χ0n) is 22.5. The largest absolute Gasteiger partial charge is 0.497 e. The van der Waals surface area contributed by atoms with Crippen molar-refractivity contribution in [1.29, 1.82) is 0 Å². The molecule has 0 spiro atoms. The van der Waals surface area contributed by atoms with Crippen LogP contribution in [0.4, 0.5) is 21.4 Å². The van der Waals surface area contributed by atoms with Gasteiger partial charge in [0.25, 0.3) is 5.91 Å². The van der Waals surface area contributed by atoms with Gasteiger partial charge in [0.05, 0.1) is 26.0 Å². The van der Waals surface area contributed by atoms with Gasteiger partial charge >= 0.3 is 6.03 Å². The third-order valence-electron chi connectivity index (χ3n) is 6.36. The van der Waals surface area contributed by atoms with Gasteiger partial charge in [-0.25, -0.2) is 14.8 Å². The number of nitrogens with one attached hydrogen (secondary N) is 3. The van der Waals surface area contributed by atoms with Crippen LogP contribution in [0.25, 0.3) is 21.1 Å². The number of thiazole rings is 2. The molecule has 0 atom stereocenters. The fourth-order valence-electron chi connectivity index (χ4n) is 4.24. The number of rotatable bonds is 10. The first kappa shape index (κ1) is 28.5. The first-order valence-corrected chi connectivity index (χ1v) is 14.8. The monoisotopic (exact) mass is 593 g/mol. The summed E-state index contributed by atoms with van der Waals surface area (Å²) in [6.07, 6.45) is 0.854. The van der Waals surface area contributed by atoms with E-state index in [0.29, 0.717) is 44.4 Å². The summed E-state index contributed by atoms with van der Waals surface area (Å²) >= 11 is 2.71. The van der Waals surface area contributed by atoms with E-state index in [-0.39, 0.29) is 11.9 Å². The van der Waals surface area contributed by atoms with Crippen molar-refractivity contribution in [2.45, 2.75) is 6.42 Å². The molecule has 0 bridgehead atoms. The van der Waals surface area contributed by atoms with Crippen LogP contribution in [-0.4, -0.2) is 73.3 Å². The van der Waals surface area contributed by atoms with Crippen molar-refractivity contribution in [3.8, 4) is 26.9 Å². The second-order valence-corrected chi connectivity index (χ2v) is 11.1. The summed E-state index contributed by atoms with van der Waals surface area (Å²) in [5, 5.41) is 11.6. The minimum Gasteiger partial charge on any atom is -0.497 e. The maximum absolute atomic E-state index is 12.7. The zero-order valence-corrected chi connectivity index (χ0v) is 24.1. The van der Waals surface area contributed by atoms with Crippen LogP contribution in [0, 0.1) is 0 Å². The molecule has 214 valence electrons. The summed E-state index contributed by atoms with van der Waals surface area (Å²) in [7, 11) is 1.56. The number of amides is 3. The van der Waals surface area contributed by atoms with Crippen LogP contribution < -0.4 is 26.4 Å². The highest BCUT2D eigenvalue weighted by Gasteiger charge is 2.17. The Morgan fingerprint density at radius 3 is 2.76 bits per heavy atom. The van der Waals surface area contributed by atoms with Crippen molar-refractivity contribution in [1.82, 2.24) is 20.2 Å². The third kappa shape index (κ3) is 7.58. The molecule has 3 amide bonds. The van der Waals surface area contributed by atoms with Crippen LogP contribution in [0.15, 0.2) is 53.9 Å². The SMILES string of the molecule is COc1cccc(C(=O)Nc2cccc(-c3csc(-c4sc(NC(=O)NCCCN5CCOCC5)nc4N)n3)c2)c1. The van der Waals surface area contributed by atoms with Gasteiger partial charge in [-0.2, -0.15) is 0 Å². The molecule has 1 aliphatic heterocycles. The second-order valence-electron chi connectivity index (χ2n) is 9.23. The van der Waals surface area contributed by atoms with Crippen molar-refractivity contribution >= 4 is 51.2 Å². The predicted octanol–water partition coefficient (Wildman–Crippen LogP) is 4.62. The molecule has 3 heterocycles. The fourth-order valence-corrected chi connectivity index (χ4v) is 6.05. The Morgan fingerprint density at radius 2 is 1.93 bits per heavy atom. The Morgan fingerprint density at radius 1 is 1.10 bits per heavy atom. The summed E-state index contributed by atoms with van der Waals surface area (Å²) in [5.74, 6) is 0.679. The summed E-state index contributed by atoms with van der Waals surface area (Å²) in [6, 6.07) is 14.1. The molecule has 11 nitrogen and oxygen atoms in total. The number of morpholine rings is 1. The number of nitrogen functional groups attached to an aromatic ring is 1. The molecule has 1 aliphatic rings.